The van der Waals surface area contributed by atoms with E-state index in [1.165, 1.54) is 16.4 Å². The fraction of sp³-hybridized carbons (Fsp3) is 0.364. The Bertz CT molecular complexity index is 614. The molecule has 0 unspecified atom stereocenters. The second-order valence-electron chi connectivity index (χ2n) is 4.40. The summed E-state index contributed by atoms with van der Waals surface area (Å²) in [6, 6.07) is 3.86. The molecule has 1 N–H and O–H groups in total. The Morgan fingerprint density at radius 1 is 1.47 bits per heavy atom. The Morgan fingerprint density at radius 3 is 2.63 bits per heavy atom. The maximum Gasteiger partial charge on any atom is 0.230 e. The smallest absolute Gasteiger partial charge is 0.230 e. The first kappa shape index (κ1) is 14.2. The highest BCUT2D eigenvalue weighted by Gasteiger charge is 2.37. The van der Waals surface area contributed by atoms with Crippen molar-refractivity contribution < 1.29 is 17.6 Å². The average Bonchev–Trinajstić information content (AvgIpc) is 2.19. The SMILES string of the molecule is CS(=O)(=O)N1CC(C(=O)Nc2ccc(F)c(Cl)c2)C1. The highest BCUT2D eigenvalue weighted by molar-refractivity contribution is 7.88. The second-order valence-corrected chi connectivity index (χ2v) is 6.78. The molecule has 1 aromatic rings. The van der Waals surface area contributed by atoms with Crippen LogP contribution in [0.5, 0.6) is 0 Å². The van der Waals surface area contributed by atoms with Crippen molar-refractivity contribution in [3.63, 3.8) is 0 Å². The summed E-state index contributed by atoms with van der Waals surface area (Å²) in [5.41, 5.74) is 0.384. The van der Waals surface area contributed by atoms with E-state index in [1.807, 2.05) is 0 Å². The van der Waals surface area contributed by atoms with Crippen molar-refractivity contribution in [2.75, 3.05) is 24.7 Å². The molecule has 2 rings (SSSR count). The number of amides is 1. The van der Waals surface area contributed by atoms with Crippen molar-refractivity contribution in [3.8, 4) is 0 Å². The first-order valence-corrected chi connectivity index (χ1v) is 7.71. The van der Waals surface area contributed by atoms with Crippen LogP contribution in [0.2, 0.25) is 5.02 Å². The zero-order valence-corrected chi connectivity index (χ0v) is 11.6. The molecule has 8 heteroatoms. The number of halogens is 2. The lowest BCUT2D eigenvalue weighted by atomic mass is 10.0. The van der Waals surface area contributed by atoms with Gasteiger partial charge in [-0.3, -0.25) is 4.79 Å². The van der Waals surface area contributed by atoms with E-state index in [0.29, 0.717) is 5.69 Å². The highest BCUT2D eigenvalue weighted by Crippen LogP contribution is 2.23. The van der Waals surface area contributed by atoms with Crippen molar-refractivity contribution >= 4 is 33.2 Å². The number of carbonyl (C=O) groups is 1. The van der Waals surface area contributed by atoms with E-state index in [0.717, 1.165) is 12.3 Å². The third-order valence-corrected chi connectivity index (χ3v) is 4.40. The number of benzene rings is 1. The molecule has 1 amide bonds. The Hall–Kier alpha value is -1.18. The van der Waals surface area contributed by atoms with E-state index >= 15 is 0 Å². The van der Waals surface area contributed by atoms with E-state index < -0.39 is 21.8 Å². The van der Waals surface area contributed by atoms with Gasteiger partial charge in [-0.05, 0) is 18.2 Å². The zero-order valence-electron chi connectivity index (χ0n) is 10.1. The molecular formula is C11H12ClFN2O3S. The maximum absolute atomic E-state index is 12.9. The van der Waals surface area contributed by atoms with Crippen LogP contribution in [0.15, 0.2) is 18.2 Å². The molecule has 0 saturated carbocycles. The number of carbonyl (C=O) groups excluding carboxylic acids is 1. The maximum atomic E-state index is 12.9. The van der Waals surface area contributed by atoms with Crippen LogP contribution in [-0.2, 0) is 14.8 Å². The lowest BCUT2D eigenvalue weighted by Gasteiger charge is -2.35. The number of rotatable bonds is 3. The minimum Gasteiger partial charge on any atom is -0.326 e. The highest BCUT2D eigenvalue weighted by atomic mass is 35.5. The van der Waals surface area contributed by atoms with E-state index in [9.17, 15) is 17.6 Å². The summed E-state index contributed by atoms with van der Waals surface area (Å²) in [6.07, 6.45) is 1.10. The van der Waals surface area contributed by atoms with Gasteiger partial charge in [-0.25, -0.2) is 17.1 Å². The van der Waals surface area contributed by atoms with Crippen LogP contribution in [0, 0.1) is 11.7 Å². The molecule has 0 spiro atoms. The van der Waals surface area contributed by atoms with E-state index in [-0.39, 0.29) is 24.0 Å². The van der Waals surface area contributed by atoms with Gasteiger partial charge in [-0.15, -0.1) is 0 Å². The lowest BCUT2D eigenvalue weighted by molar-refractivity contribution is -0.122. The summed E-state index contributed by atoms with van der Waals surface area (Å²) in [6.45, 7) is 0.333. The summed E-state index contributed by atoms with van der Waals surface area (Å²) in [4.78, 5) is 11.8. The van der Waals surface area contributed by atoms with Gasteiger partial charge in [0.2, 0.25) is 15.9 Å². The van der Waals surface area contributed by atoms with Crippen molar-refractivity contribution in [1.29, 1.82) is 0 Å². The monoisotopic (exact) mass is 306 g/mol. The van der Waals surface area contributed by atoms with Gasteiger partial charge in [0.25, 0.3) is 0 Å². The molecular weight excluding hydrogens is 295 g/mol. The van der Waals surface area contributed by atoms with Gasteiger partial charge >= 0.3 is 0 Å². The van der Waals surface area contributed by atoms with Gasteiger partial charge in [0.15, 0.2) is 0 Å². The van der Waals surface area contributed by atoms with Crippen LogP contribution in [0.3, 0.4) is 0 Å². The minimum absolute atomic E-state index is 0.0795. The molecule has 1 aliphatic heterocycles. The molecule has 19 heavy (non-hydrogen) atoms. The second kappa shape index (κ2) is 5.07. The summed E-state index contributed by atoms with van der Waals surface area (Å²) < 4.78 is 36.5. The van der Waals surface area contributed by atoms with Crippen LogP contribution in [-0.4, -0.2) is 38.0 Å². The van der Waals surface area contributed by atoms with Crippen LogP contribution in [0.4, 0.5) is 10.1 Å². The number of anilines is 1. The standard InChI is InChI=1S/C11H12ClFN2O3S/c1-19(17,18)15-5-7(6-15)11(16)14-8-2-3-10(13)9(12)4-8/h2-4,7H,5-6H2,1H3,(H,14,16). The average molecular weight is 307 g/mol. The van der Waals surface area contributed by atoms with Crippen molar-refractivity contribution in [1.82, 2.24) is 4.31 Å². The molecule has 0 radical (unpaired) electrons. The van der Waals surface area contributed by atoms with Crippen molar-refractivity contribution in [2.45, 2.75) is 0 Å². The van der Waals surface area contributed by atoms with E-state index in [2.05, 4.69) is 5.32 Å². The van der Waals surface area contributed by atoms with Crippen LogP contribution < -0.4 is 5.32 Å². The first-order chi connectivity index (χ1) is 8.77. The van der Waals surface area contributed by atoms with Gasteiger partial charge in [0, 0.05) is 18.8 Å². The topological polar surface area (TPSA) is 66.5 Å². The summed E-state index contributed by atoms with van der Waals surface area (Å²) >= 11 is 5.59. The van der Waals surface area contributed by atoms with Gasteiger partial charge in [0.05, 0.1) is 17.2 Å². The lowest BCUT2D eigenvalue weighted by Crippen LogP contribution is -2.53. The Labute approximate surface area is 115 Å². The number of nitrogens with one attached hydrogen (secondary N) is 1. The number of nitrogens with zero attached hydrogens (tertiary/aromatic N) is 1. The Balaban J connectivity index is 1.94. The third-order valence-electron chi connectivity index (χ3n) is 2.87. The predicted octanol–water partition coefficient (Wildman–Crippen LogP) is 1.31. The van der Waals surface area contributed by atoms with Crippen LogP contribution in [0.25, 0.3) is 0 Å². The van der Waals surface area contributed by atoms with Gasteiger partial charge in [-0.1, -0.05) is 11.6 Å². The molecule has 1 aromatic carbocycles. The van der Waals surface area contributed by atoms with Crippen molar-refractivity contribution in [3.05, 3.63) is 29.0 Å². The van der Waals surface area contributed by atoms with E-state index in [1.54, 1.807) is 0 Å². The first-order valence-electron chi connectivity index (χ1n) is 5.48. The molecule has 104 valence electrons. The summed E-state index contributed by atoms with van der Waals surface area (Å²) in [5, 5.41) is 2.49. The minimum atomic E-state index is -3.24. The Morgan fingerprint density at radius 2 is 2.11 bits per heavy atom. The van der Waals surface area contributed by atoms with E-state index in [4.69, 9.17) is 11.6 Å². The summed E-state index contributed by atoms with van der Waals surface area (Å²) in [7, 11) is -3.24. The molecule has 0 aliphatic carbocycles. The normalized spacial score (nSPS) is 17.0. The fourth-order valence-electron chi connectivity index (χ4n) is 1.69. The molecule has 0 aromatic heterocycles. The number of hydrogen-bond acceptors (Lipinski definition) is 3. The molecule has 1 heterocycles. The van der Waals surface area contributed by atoms with Gasteiger partial charge in [-0.2, -0.15) is 0 Å². The molecule has 1 fully saturated rings. The van der Waals surface area contributed by atoms with Crippen LogP contribution >= 0.6 is 11.6 Å². The largest absolute Gasteiger partial charge is 0.326 e. The summed E-state index contributed by atoms with van der Waals surface area (Å²) in [5.74, 6) is -1.26. The van der Waals surface area contributed by atoms with Crippen LogP contribution in [0.1, 0.15) is 0 Å². The zero-order chi connectivity index (χ0) is 14.2. The number of hydrogen-bond donors (Lipinski definition) is 1. The third kappa shape index (κ3) is 3.23. The predicted molar refractivity (Wildman–Crippen MR) is 69.9 cm³/mol. The van der Waals surface area contributed by atoms with Crippen molar-refractivity contribution in [2.24, 2.45) is 5.92 Å². The molecule has 0 atom stereocenters. The van der Waals surface area contributed by atoms with Gasteiger partial charge in [0.1, 0.15) is 5.82 Å². The fourth-order valence-corrected chi connectivity index (χ4v) is 2.77. The quantitative estimate of drug-likeness (QED) is 0.915. The molecule has 1 aliphatic rings. The van der Waals surface area contributed by atoms with Gasteiger partial charge < -0.3 is 5.32 Å². The molecule has 1 saturated heterocycles. The molecule has 5 nitrogen and oxygen atoms in total. The molecule has 0 bridgehead atoms. The Kier molecular flexibility index (Phi) is 3.80. The number of sulfonamides is 1.